The third-order valence-corrected chi connectivity index (χ3v) is 1.45. The van der Waals surface area contributed by atoms with E-state index in [4.69, 9.17) is 0 Å². The van der Waals surface area contributed by atoms with Crippen molar-refractivity contribution in [2.45, 2.75) is 19.8 Å². The van der Waals surface area contributed by atoms with E-state index in [0.717, 1.165) is 0 Å². The smallest absolute Gasteiger partial charge is 0.124 e. The molecule has 0 saturated heterocycles. The van der Waals surface area contributed by atoms with Gasteiger partial charge in [-0.1, -0.05) is 0 Å². The molecule has 0 spiro atoms. The number of rotatable bonds is 0. The highest BCUT2D eigenvalue weighted by atomic mass is 19.1. The molecular weight excluding hydrogens is 122 g/mol. The van der Waals surface area contributed by atoms with E-state index >= 15 is 0 Å². The highest BCUT2D eigenvalue weighted by molar-refractivity contribution is 5.29. The molecule has 0 bridgehead atoms. The topological polar surface area (TPSA) is 0 Å². The van der Waals surface area contributed by atoms with Crippen LogP contribution < -0.4 is 0 Å². The van der Waals surface area contributed by atoms with Crippen LogP contribution in [0.25, 0.3) is 0 Å². The average Bonchev–Trinajstić information content (AvgIpc) is 1.83. The first kappa shape index (κ1) is 6.46. The molecule has 2 heteroatoms. The zero-order chi connectivity index (χ0) is 6.85. The third kappa shape index (κ3) is 1.18. The summed E-state index contributed by atoms with van der Waals surface area (Å²) in [5.74, 6) is -0.714. The lowest BCUT2D eigenvalue weighted by molar-refractivity contribution is 0.541. The van der Waals surface area contributed by atoms with Gasteiger partial charge in [-0.2, -0.15) is 0 Å². The molecule has 0 amide bonds. The SMILES string of the molecule is CC1=C(F)CCC=C1F. The molecule has 50 valence electrons. The summed E-state index contributed by atoms with van der Waals surface area (Å²) in [6.07, 6.45) is 2.27. The van der Waals surface area contributed by atoms with Gasteiger partial charge in [0.2, 0.25) is 0 Å². The molecule has 0 radical (unpaired) electrons. The zero-order valence-electron chi connectivity index (χ0n) is 5.25. The van der Waals surface area contributed by atoms with E-state index in [1.807, 2.05) is 0 Å². The van der Waals surface area contributed by atoms with Gasteiger partial charge in [0.05, 0.1) is 0 Å². The van der Waals surface area contributed by atoms with Gasteiger partial charge in [-0.15, -0.1) is 0 Å². The fourth-order valence-electron chi connectivity index (χ4n) is 0.796. The van der Waals surface area contributed by atoms with Crippen molar-refractivity contribution < 1.29 is 8.78 Å². The molecule has 0 unspecified atom stereocenters. The second-order valence-electron chi connectivity index (χ2n) is 2.12. The van der Waals surface area contributed by atoms with Crippen LogP contribution in [0.5, 0.6) is 0 Å². The molecule has 0 fully saturated rings. The Morgan fingerprint density at radius 3 is 2.56 bits per heavy atom. The minimum Gasteiger partial charge on any atom is -0.211 e. The number of hydrogen-bond donors (Lipinski definition) is 0. The normalized spacial score (nSPS) is 20.1. The van der Waals surface area contributed by atoms with Crippen molar-refractivity contribution in [1.82, 2.24) is 0 Å². The van der Waals surface area contributed by atoms with E-state index in [0.29, 0.717) is 12.8 Å². The Bertz CT molecular complexity index is 177. The van der Waals surface area contributed by atoms with E-state index in [9.17, 15) is 8.78 Å². The highest BCUT2D eigenvalue weighted by Crippen LogP contribution is 2.25. The minimum absolute atomic E-state index is 0.168. The first-order valence-electron chi connectivity index (χ1n) is 2.93. The lowest BCUT2D eigenvalue weighted by Crippen LogP contribution is -1.90. The first-order valence-corrected chi connectivity index (χ1v) is 2.93. The maximum Gasteiger partial charge on any atom is 0.124 e. The van der Waals surface area contributed by atoms with Crippen LogP contribution in [-0.2, 0) is 0 Å². The zero-order valence-corrected chi connectivity index (χ0v) is 5.25. The maximum atomic E-state index is 12.4. The quantitative estimate of drug-likeness (QED) is 0.473. The van der Waals surface area contributed by atoms with Crippen molar-refractivity contribution in [1.29, 1.82) is 0 Å². The van der Waals surface area contributed by atoms with Gasteiger partial charge in [0, 0.05) is 12.0 Å². The molecule has 1 aliphatic rings. The number of hydrogen-bond acceptors (Lipinski definition) is 0. The van der Waals surface area contributed by atoms with Gasteiger partial charge in [-0.05, 0) is 19.4 Å². The monoisotopic (exact) mass is 130 g/mol. The van der Waals surface area contributed by atoms with Crippen molar-refractivity contribution >= 4 is 0 Å². The summed E-state index contributed by atoms with van der Waals surface area (Å²) >= 11 is 0. The molecule has 0 nitrogen and oxygen atoms in total. The fraction of sp³-hybridized carbons (Fsp3) is 0.429. The Hall–Kier alpha value is -0.660. The standard InChI is InChI=1S/C7H8F2/c1-5-6(8)3-2-4-7(5)9/h3H,2,4H2,1H3. The molecule has 0 aromatic heterocycles. The van der Waals surface area contributed by atoms with Crippen molar-refractivity contribution in [3.8, 4) is 0 Å². The lowest BCUT2D eigenvalue weighted by Gasteiger charge is -2.05. The summed E-state index contributed by atoms with van der Waals surface area (Å²) < 4.78 is 24.8. The predicted molar refractivity (Wildman–Crippen MR) is 32.2 cm³/mol. The van der Waals surface area contributed by atoms with E-state index < -0.39 is 5.83 Å². The van der Waals surface area contributed by atoms with Crippen LogP contribution in [0, 0.1) is 0 Å². The van der Waals surface area contributed by atoms with Gasteiger partial charge < -0.3 is 0 Å². The van der Waals surface area contributed by atoms with Crippen LogP contribution in [0.3, 0.4) is 0 Å². The van der Waals surface area contributed by atoms with E-state index in [2.05, 4.69) is 0 Å². The largest absolute Gasteiger partial charge is 0.211 e. The van der Waals surface area contributed by atoms with Crippen molar-refractivity contribution in [2.24, 2.45) is 0 Å². The molecule has 0 aromatic carbocycles. The average molecular weight is 130 g/mol. The molecule has 0 N–H and O–H groups in total. The molecule has 0 aliphatic heterocycles. The number of halogens is 2. The predicted octanol–water partition coefficient (Wildman–Crippen LogP) is 2.88. The molecule has 1 aliphatic carbocycles. The van der Waals surface area contributed by atoms with Crippen molar-refractivity contribution in [3.63, 3.8) is 0 Å². The summed E-state index contributed by atoms with van der Waals surface area (Å²) in [6, 6.07) is 0. The van der Waals surface area contributed by atoms with Crippen LogP contribution in [0.1, 0.15) is 19.8 Å². The van der Waals surface area contributed by atoms with Crippen LogP contribution in [0.2, 0.25) is 0 Å². The fourth-order valence-corrected chi connectivity index (χ4v) is 0.796. The summed E-state index contributed by atoms with van der Waals surface area (Å²) in [5, 5.41) is 0. The Morgan fingerprint density at radius 1 is 1.44 bits per heavy atom. The summed E-state index contributed by atoms with van der Waals surface area (Å²) in [7, 11) is 0. The summed E-state index contributed by atoms with van der Waals surface area (Å²) in [4.78, 5) is 0. The molecule has 1 rings (SSSR count). The van der Waals surface area contributed by atoms with E-state index in [-0.39, 0.29) is 11.4 Å². The first-order chi connectivity index (χ1) is 4.22. The molecular formula is C7H8F2. The van der Waals surface area contributed by atoms with Crippen LogP contribution in [0.15, 0.2) is 23.3 Å². The van der Waals surface area contributed by atoms with E-state index in [1.54, 1.807) is 0 Å². The lowest BCUT2D eigenvalue weighted by atomic mass is 10.1. The van der Waals surface area contributed by atoms with Gasteiger partial charge in [0.25, 0.3) is 0 Å². The molecule has 0 aromatic rings. The molecule has 0 saturated carbocycles. The summed E-state index contributed by atoms with van der Waals surface area (Å²) in [5.41, 5.74) is 0.168. The summed E-state index contributed by atoms with van der Waals surface area (Å²) in [6.45, 7) is 1.46. The second-order valence-corrected chi connectivity index (χ2v) is 2.12. The Balaban J connectivity index is 2.88. The van der Waals surface area contributed by atoms with Crippen molar-refractivity contribution in [3.05, 3.63) is 23.3 Å². The Morgan fingerprint density at radius 2 is 2.11 bits per heavy atom. The highest BCUT2D eigenvalue weighted by Gasteiger charge is 2.10. The maximum absolute atomic E-state index is 12.4. The van der Waals surface area contributed by atoms with Crippen LogP contribution in [0.4, 0.5) is 8.78 Å². The van der Waals surface area contributed by atoms with Crippen LogP contribution >= 0.6 is 0 Å². The van der Waals surface area contributed by atoms with E-state index in [1.165, 1.54) is 13.0 Å². The van der Waals surface area contributed by atoms with Gasteiger partial charge in [-0.3, -0.25) is 0 Å². The second kappa shape index (κ2) is 2.29. The van der Waals surface area contributed by atoms with Gasteiger partial charge >= 0.3 is 0 Å². The van der Waals surface area contributed by atoms with Crippen LogP contribution in [-0.4, -0.2) is 0 Å². The van der Waals surface area contributed by atoms with Crippen molar-refractivity contribution in [2.75, 3.05) is 0 Å². The molecule has 0 heterocycles. The minimum atomic E-state index is -0.404. The molecule has 9 heavy (non-hydrogen) atoms. The Labute approximate surface area is 52.9 Å². The molecule has 0 atom stereocenters. The van der Waals surface area contributed by atoms with Gasteiger partial charge in [-0.25, -0.2) is 8.78 Å². The van der Waals surface area contributed by atoms with Gasteiger partial charge in [0.1, 0.15) is 11.7 Å². The number of allylic oxidation sites excluding steroid dienone is 4. The third-order valence-electron chi connectivity index (χ3n) is 1.45. The van der Waals surface area contributed by atoms with Gasteiger partial charge in [0.15, 0.2) is 0 Å². The Kier molecular flexibility index (Phi) is 1.65.